The van der Waals surface area contributed by atoms with Gasteiger partial charge in [-0.15, -0.1) is 0 Å². The number of piperidine rings is 1. The molecule has 0 bridgehead atoms. The van der Waals surface area contributed by atoms with Crippen molar-refractivity contribution in [1.29, 1.82) is 0 Å². The lowest BCUT2D eigenvalue weighted by Crippen LogP contribution is -2.50. The summed E-state index contributed by atoms with van der Waals surface area (Å²) in [6, 6.07) is 1.99. The quantitative estimate of drug-likeness (QED) is 0.781. The van der Waals surface area contributed by atoms with Crippen LogP contribution in [0.3, 0.4) is 0 Å². The summed E-state index contributed by atoms with van der Waals surface area (Å²) in [5.41, 5.74) is 1.12. The van der Waals surface area contributed by atoms with Crippen molar-refractivity contribution in [3.05, 3.63) is 18.0 Å². The maximum atomic E-state index is 12.8. The van der Waals surface area contributed by atoms with E-state index in [1.807, 2.05) is 17.8 Å². The molecule has 7 nitrogen and oxygen atoms in total. The Labute approximate surface area is 131 Å². The second-order valence-electron chi connectivity index (χ2n) is 6.00. The highest BCUT2D eigenvalue weighted by Crippen LogP contribution is 2.22. The van der Waals surface area contributed by atoms with E-state index in [-0.39, 0.29) is 5.25 Å². The highest BCUT2D eigenvalue weighted by atomic mass is 32.2. The molecular weight excluding hydrogens is 304 g/mol. The predicted molar refractivity (Wildman–Crippen MR) is 82.8 cm³/mol. The van der Waals surface area contributed by atoms with Gasteiger partial charge in [0.25, 0.3) is 0 Å². The molecule has 3 rings (SSSR count). The fourth-order valence-electron chi connectivity index (χ4n) is 3.20. The highest BCUT2D eigenvalue weighted by Gasteiger charge is 2.36. The zero-order valence-corrected chi connectivity index (χ0v) is 13.8. The standard InChI is InChI=1S/C14H24N4O3S/c1-16-13(4-5-15-16)11-17-6-2-3-14(12-17)22(19,20)18-7-9-21-10-8-18/h4-5,14H,2-3,6-12H2,1H3/t14-/m0/s1. The Morgan fingerprint density at radius 2 is 2.09 bits per heavy atom. The summed E-state index contributed by atoms with van der Waals surface area (Å²) >= 11 is 0. The molecule has 3 heterocycles. The van der Waals surface area contributed by atoms with Gasteiger partial charge in [0, 0.05) is 39.4 Å². The zero-order valence-electron chi connectivity index (χ0n) is 13.0. The first-order valence-corrected chi connectivity index (χ1v) is 9.33. The predicted octanol–water partition coefficient (Wildman–Crippen LogP) is 0.0465. The summed E-state index contributed by atoms with van der Waals surface area (Å²) in [4.78, 5) is 2.23. The second-order valence-corrected chi connectivity index (χ2v) is 8.21. The van der Waals surface area contributed by atoms with E-state index in [4.69, 9.17) is 4.74 Å². The van der Waals surface area contributed by atoms with Gasteiger partial charge in [-0.25, -0.2) is 8.42 Å². The maximum Gasteiger partial charge on any atom is 0.218 e. The first-order chi connectivity index (χ1) is 10.6. The minimum absolute atomic E-state index is 0.299. The Morgan fingerprint density at radius 1 is 1.32 bits per heavy atom. The number of aryl methyl sites for hydroxylation is 1. The van der Waals surface area contributed by atoms with Crippen LogP contribution in [0.5, 0.6) is 0 Å². The summed E-state index contributed by atoms with van der Waals surface area (Å²) in [6.07, 6.45) is 3.45. The number of ether oxygens (including phenoxy) is 1. The van der Waals surface area contributed by atoms with Crippen LogP contribution in [0.2, 0.25) is 0 Å². The summed E-state index contributed by atoms with van der Waals surface area (Å²) in [5.74, 6) is 0. The molecule has 1 atom stereocenters. The molecule has 22 heavy (non-hydrogen) atoms. The van der Waals surface area contributed by atoms with Crippen molar-refractivity contribution < 1.29 is 13.2 Å². The highest BCUT2D eigenvalue weighted by molar-refractivity contribution is 7.89. The van der Waals surface area contributed by atoms with Crippen LogP contribution in [0.4, 0.5) is 0 Å². The van der Waals surface area contributed by atoms with E-state index in [2.05, 4.69) is 10.00 Å². The molecule has 0 radical (unpaired) electrons. The molecule has 2 aliphatic heterocycles. The molecule has 124 valence electrons. The van der Waals surface area contributed by atoms with Gasteiger partial charge in [-0.3, -0.25) is 9.58 Å². The molecule has 0 amide bonds. The molecule has 0 unspecified atom stereocenters. The zero-order chi connectivity index (χ0) is 15.6. The van der Waals surface area contributed by atoms with Crippen molar-refractivity contribution in [3.8, 4) is 0 Å². The van der Waals surface area contributed by atoms with Gasteiger partial charge in [0.15, 0.2) is 0 Å². The molecule has 8 heteroatoms. The summed E-state index contributed by atoms with van der Waals surface area (Å²) in [7, 11) is -1.30. The topological polar surface area (TPSA) is 67.7 Å². The van der Waals surface area contributed by atoms with Crippen molar-refractivity contribution in [1.82, 2.24) is 19.0 Å². The van der Waals surface area contributed by atoms with Crippen LogP contribution in [0.1, 0.15) is 18.5 Å². The summed E-state index contributed by atoms with van der Waals surface area (Å²) < 4.78 is 34.3. The van der Waals surface area contributed by atoms with Gasteiger partial charge in [0.2, 0.25) is 10.0 Å². The Bertz CT molecular complexity index is 595. The van der Waals surface area contributed by atoms with Crippen molar-refractivity contribution in [2.75, 3.05) is 39.4 Å². The van der Waals surface area contributed by atoms with E-state index in [9.17, 15) is 8.42 Å². The molecule has 0 spiro atoms. The molecule has 2 aliphatic rings. The SMILES string of the molecule is Cn1nccc1CN1CCC[C@H](S(=O)(=O)N2CCOCC2)C1. The van der Waals surface area contributed by atoms with E-state index in [0.717, 1.165) is 31.6 Å². The van der Waals surface area contributed by atoms with Crippen LogP contribution >= 0.6 is 0 Å². The Kier molecular flexibility index (Phi) is 4.82. The minimum Gasteiger partial charge on any atom is -0.379 e. The average Bonchev–Trinajstić information content (AvgIpc) is 2.94. The number of likely N-dealkylation sites (tertiary alicyclic amines) is 1. The largest absolute Gasteiger partial charge is 0.379 e. The molecule has 1 aromatic rings. The summed E-state index contributed by atoms with van der Waals surface area (Å²) in [6.45, 7) is 4.29. The summed E-state index contributed by atoms with van der Waals surface area (Å²) in [5, 5.41) is 3.87. The van der Waals surface area contributed by atoms with Crippen molar-refractivity contribution in [2.45, 2.75) is 24.6 Å². The smallest absolute Gasteiger partial charge is 0.218 e. The number of hydrogen-bond donors (Lipinski definition) is 0. The minimum atomic E-state index is -3.22. The van der Waals surface area contributed by atoms with Crippen LogP contribution in [0, 0.1) is 0 Å². The lowest BCUT2D eigenvalue weighted by atomic mass is 10.1. The molecule has 0 N–H and O–H groups in total. The number of rotatable bonds is 4. The first-order valence-electron chi connectivity index (χ1n) is 7.83. The fourth-order valence-corrected chi connectivity index (χ4v) is 5.14. The van der Waals surface area contributed by atoms with Gasteiger partial charge in [-0.2, -0.15) is 9.40 Å². The second kappa shape index (κ2) is 6.66. The van der Waals surface area contributed by atoms with E-state index in [1.54, 1.807) is 10.5 Å². The molecule has 0 saturated carbocycles. The lowest BCUT2D eigenvalue weighted by Gasteiger charge is -2.36. The molecule has 1 aromatic heterocycles. The van der Waals surface area contributed by atoms with Gasteiger partial charge in [0.05, 0.1) is 24.2 Å². The lowest BCUT2D eigenvalue weighted by molar-refractivity contribution is 0.0719. The number of morpholine rings is 1. The number of hydrogen-bond acceptors (Lipinski definition) is 5. The third-order valence-electron chi connectivity index (χ3n) is 4.52. The van der Waals surface area contributed by atoms with E-state index in [1.165, 1.54) is 0 Å². The van der Waals surface area contributed by atoms with Crippen molar-refractivity contribution >= 4 is 10.0 Å². The molecule has 0 aromatic carbocycles. The monoisotopic (exact) mass is 328 g/mol. The molecule has 2 saturated heterocycles. The fraction of sp³-hybridized carbons (Fsp3) is 0.786. The Hall–Kier alpha value is -0.960. The Morgan fingerprint density at radius 3 is 2.77 bits per heavy atom. The van der Waals surface area contributed by atoms with Crippen LogP contribution in [0.25, 0.3) is 0 Å². The first kappa shape index (κ1) is 15.9. The third kappa shape index (κ3) is 3.34. The number of sulfonamides is 1. The van der Waals surface area contributed by atoms with Gasteiger partial charge < -0.3 is 4.74 Å². The van der Waals surface area contributed by atoms with Crippen LogP contribution in [-0.4, -0.2) is 72.0 Å². The van der Waals surface area contributed by atoms with Crippen molar-refractivity contribution in [3.63, 3.8) is 0 Å². The number of nitrogens with zero attached hydrogens (tertiary/aromatic N) is 4. The maximum absolute atomic E-state index is 12.8. The van der Waals surface area contributed by atoms with Gasteiger partial charge in [-0.1, -0.05) is 0 Å². The molecule has 0 aliphatic carbocycles. The normalized spacial score (nSPS) is 25.4. The van der Waals surface area contributed by atoms with E-state index >= 15 is 0 Å². The van der Waals surface area contributed by atoms with Crippen LogP contribution in [-0.2, 0) is 28.4 Å². The number of aromatic nitrogens is 2. The van der Waals surface area contributed by atoms with Gasteiger partial charge >= 0.3 is 0 Å². The van der Waals surface area contributed by atoms with Crippen LogP contribution in [0.15, 0.2) is 12.3 Å². The van der Waals surface area contributed by atoms with E-state index < -0.39 is 10.0 Å². The van der Waals surface area contributed by atoms with Crippen LogP contribution < -0.4 is 0 Å². The van der Waals surface area contributed by atoms with Crippen molar-refractivity contribution in [2.24, 2.45) is 7.05 Å². The average molecular weight is 328 g/mol. The molecular formula is C14H24N4O3S. The third-order valence-corrected chi connectivity index (χ3v) is 6.83. The van der Waals surface area contributed by atoms with Gasteiger partial charge in [-0.05, 0) is 25.5 Å². The van der Waals surface area contributed by atoms with E-state index in [0.29, 0.717) is 32.8 Å². The molecule has 2 fully saturated rings. The Balaban J connectivity index is 1.66. The van der Waals surface area contributed by atoms with Gasteiger partial charge in [0.1, 0.15) is 0 Å².